The molecular weight excluding hydrogens is 244 g/mol. The molecule has 1 aromatic heterocycles. The molecule has 0 atom stereocenters. The van der Waals surface area contributed by atoms with Gasteiger partial charge in [-0.1, -0.05) is 18.2 Å². The molecule has 2 aromatic rings. The second-order valence-corrected chi connectivity index (χ2v) is 5.29. The van der Waals surface area contributed by atoms with E-state index in [4.69, 9.17) is 4.74 Å². The highest BCUT2D eigenvalue weighted by Gasteiger charge is 2.18. The van der Waals surface area contributed by atoms with E-state index < -0.39 is 0 Å². The van der Waals surface area contributed by atoms with Gasteiger partial charge in [0.2, 0.25) is 0 Å². The minimum Gasteiger partial charge on any atom is -0.465 e. The molecule has 94 valence electrons. The van der Waals surface area contributed by atoms with Crippen LogP contribution in [0.5, 0.6) is 0 Å². The lowest BCUT2D eigenvalue weighted by atomic mass is 9.98. The van der Waals surface area contributed by atoms with Crippen molar-refractivity contribution in [1.82, 2.24) is 0 Å². The number of carbonyl (C=O) groups excluding carboxylic acids is 1. The van der Waals surface area contributed by atoms with Crippen LogP contribution < -0.4 is 0 Å². The Balaban J connectivity index is 2.59. The first kappa shape index (κ1) is 12.8. The largest absolute Gasteiger partial charge is 0.465 e. The van der Waals surface area contributed by atoms with E-state index in [0.29, 0.717) is 4.88 Å². The van der Waals surface area contributed by atoms with E-state index in [9.17, 15) is 4.79 Å². The molecular formula is C15H16O2S. The molecule has 0 saturated carbocycles. The zero-order valence-electron chi connectivity index (χ0n) is 11.0. The van der Waals surface area contributed by atoms with Crippen LogP contribution in [0.3, 0.4) is 0 Å². The van der Waals surface area contributed by atoms with Crippen LogP contribution in [0.2, 0.25) is 0 Å². The highest BCUT2D eigenvalue weighted by Crippen LogP contribution is 2.33. The Morgan fingerprint density at radius 1 is 1.11 bits per heavy atom. The minimum atomic E-state index is -0.263. The molecule has 0 aliphatic carbocycles. The Labute approximate surface area is 111 Å². The number of thiophene rings is 1. The summed E-state index contributed by atoms with van der Waals surface area (Å²) >= 11 is 1.44. The fourth-order valence-electron chi connectivity index (χ4n) is 1.94. The maximum Gasteiger partial charge on any atom is 0.348 e. The van der Waals surface area contributed by atoms with Crippen LogP contribution in [0.1, 0.15) is 26.4 Å². The van der Waals surface area contributed by atoms with E-state index in [1.54, 1.807) is 0 Å². The zero-order chi connectivity index (χ0) is 13.3. The van der Waals surface area contributed by atoms with Crippen molar-refractivity contribution in [2.24, 2.45) is 0 Å². The summed E-state index contributed by atoms with van der Waals surface area (Å²) in [6.45, 7) is 6.19. The third kappa shape index (κ3) is 2.18. The van der Waals surface area contributed by atoms with Gasteiger partial charge >= 0.3 is 5.97 Å². The zero-order valence-corrected chi connectivity index (χ0v) is 11.9. The van der Waals surface area contributed by atoms with Gasteiger partial charge in [0.1, 0.15) is 4.88 Å². The highest BCUT2D eigenvalue weighted by atomic mass is 32.1. The summed E-state index contributed by atoms with van der Waals surface area (Å²) < 4.78 is 4.84. The topological polar surface area (TPSA) is 26.3 Å². The third-order valence-electron chi connectivity index (χ3n) is 3.14. The number of benzene rings is 1. The van der Waals surface area contributed by atoms with Crippen molar-refractivity contribution in [3.8, 4) is 11.1 Å². The van der Waals surface area contributed by atoms with Crippen LogP contribution in [-0.4, -0.2) is 13.1 Å². The summed E-state index contributed by atoms with van der Waals surface area (Å²) in [5, 5.41) is 2.00. The molecule has 0 fully saturated rings. The fourth-order valence-corrected chi connectivity index (χ4v) is 2.93. The van der Waals surface area contributed by atoms with E-state index in [0.717, 1.165) is 16.7 Å². The van der Waals surface area contributed by atoms with E-state index in [1.165, 1.54) is 29.6 Å². The van der Waals surface area contributed by atoms with Crippen molar-refractivity contribution in [2.45, 2.75) is 20.8 Å². The lowest BCUT2D eigenvalue weighted by Crippen LogP contribution is -2.00. The Bertz CT molecular complexity index is 597. The molecule has 18 heavy (non-hydrogen) atoms. The molecule has 0 spiro atoms. The van der Waals surface area contributed by atoms with E-state index in [-0.39, 0.29) is 5.97 Å². The van der Waals surface area contributed by atoms with Crippen molar-refractivity contribution in [3.05, 3.63) is 45.1 Å². The van der Waals surface area contributed by atoms with Crippen LogP contribution in [0.15, 0.2) is 23.6 Å². The Morgan fingerprint density at radius 3 is 2.44 bits per heavy atom. The summed E-state index contributed by atoms with van der Waals surface area (Å²) in [6, 6.07) is 6.27. The normalized spacial score (nSPS) is 10.4. The number of methoxy groups -OCH3 is 1. The fraction of sp³-hybridized carbons (Fsp3) is 0.267. The number of esters is 1. The predicted octanol–water partition coefficient (Wildman–Crippen LogP) is 4.13. The highest BCUT2D eigenvalue weighted by molar-refractivity contribution is 7.12. The number of hydrogen-bond acceptors (Lipinski definition) is 3. The summed E-state index contributed by atoms with van der Waals surface area (Å²) in [5.41, 5.74) is 5.68. The Morgan fingerprint density at radius 2 is 1.83 bits per heavy atom. The molecule has 0 radical (unpaired) electrons. The second kappa shape index (κ2) is 4.94. The quantitative estimate of drug-likeness (QED) is 0.759. The van der Waals surface area contributed by atoms with Crippen LogP contribution in [0.25, 0.3) is 11.1 Å². The Hall–Kier alpha value is -1.61. The van der Waals surface area contributed by atoms with E-state index in [1.807, 2.05) is 12.3 Å². The van der Waals surface area contributed by atoms with Crippen LogP contribution in [0, 0.1) is 20.8 Å². The van der Waals surface area contributed by atoms with Gasteiger partial charge in [-0.15, -0.1) is 11.3 Å². The average Bonchev–Trinajstić information content (AvgIpc) is 2.74. The first-order valence-corrected chi connectivity index (χ1v) is 6.66. The van der Waals surface area contributed by atoms with E-state index >= 15 is 0 Å². The molecule has 0 bridgehead atoms. The lowest BCUT2D eigenvalue weighted by Gasteiger charge is -2.07. The van der Waals surface area contributed by atoms with Crippen molar-refractivity contribution >= 4 is 17.3 Å². The van der Waals surface area contributed by atoms with Gasteiger partial charge in [-0.3, -0.25) is 0 Å². The molecule has 0 aliphatic heterocycles. The maximum atomic E-state index is 11.8. The van der Waals surface area contributed by atoms with Gasteiger partial charge in [-0.05, 0) is 48.4 Å². The lowest BCUT2D eigenvalue weighted by molar-refractivity contribution is 0.0607. The number of aryl methyl sites for hydroxylation is 3. The van der Waals surface area contributed by atoms with Gasteiger partial charge in [0.25, 0.3) is 0 Å². The summed E-state index contributed by atoms with van der Waals surface area (Å²) in [6.07, 6.45) is 0. The first-order valence-electron chi connectivity index (χ1n) is 5.78. The summed E-state index contributed by atoms with van der Waals surface area (Å²) in [5.74, 6) is -0.263. The van der Waals surface area contributed by atoms with Gasteiger partial charge in [-0.25, -0.2) is 4.79 Å². The molecule has 0 unspecified atom stereocenters. The molecule has 3 heteroatoms. The van der Waals surface area contributed by atoms with Crippen LogP contribution in [0.4, 0.5) is 0 Å². The van der Waals surface area contributed by atoms with Crippen LogP contribution >= 0.6 is 11.3 Å². The van der Waals surface area contributed by atoms with Gasteiger partial charge in [0.15, 0.2) is 0 Å². The molecule has 1 heterocycles. The maximum absolute atomic E-state index is 11.8. The van der Waals surface area contributed by atoms with E-state index in [2.05, 4.69) is 32.0 Å². The number of ether oxygens (including phenoxy) is 1. The Kier molecular flexibility index (Phi) is 3.53. The van der Waals surface area contributed by atoms with Gasteiger partial charge < -0.3 is 4.74 Å². The van der Waals surface area contributed by atoms with Crippen molar-refractivity contribution in [3.63, 3.8) is 0 Å². The average molecular weight is 260 g/mol. The molecule has 2 rings (SSSR count). The molecule has 0 amide bonds. The first-order chi connectivity index (χ1) is 8.54. The standard InChI is InChI=1S/C15H16O2S/c1-9-5-6-12(7-10(9)2)13-11(3)8-18-14(13)15(16)17-4/h5-8H,1-4H3. The molecule has 0 saturated heterocycles. The molecule has 2 nitrogen and oxygen atoms in total. The second-order valence-electron chi connectivity index (χ2n) is 4.41. The number of carbonyl (C=O) groups is 1. The number of rotatable bonds is 2. The van der Waals surface area contributed by atoms with Gasteiger partial charge in [-0.2, -0.15) is 0 Å². The number of hydrogen-bond donors (Lipinski definition) is 0. The minimum absolute atomic E-state index is 0.263. The van der Waals surface area contributed by atoms with Gasteiger partial charge in [0.05, 0.1) is 7.11 Å². The van der Waals surface area contributed by atoms with Crippen molar-refractivity contribution in [2.75, 3.05) is 7.11 Å². The monoisotopic (exact) mass is 260 g/mol. The van der Waals surface area contributed by atoms with Gasteiger partial charge in [0, 0.05) is 5.56 Å². The molecule has 0 aliphatic rings. The van der Waals surface area contributed by atoms with Crippen molar-refractivity contribution in [1.29, 1.82) is 0 Å². The SMILES string of the molecule is COC(=O)c1scc(C)c1-c1ccc(C)c(C)c1. The van der Waals surface area contributed by atoms with Crippen LogP contribution in [-0.2, 0) is 4.74 Å². The molecule has 0 N–H and O–H groups in total. The smallest absolute Gasteiger partial charge is 0.348 e. The summed E-state index contributed by atoms with van der Waals surface area (Å²) in [7, 11) is 1.42. The third-order valence-corrected chi connectivity index (χ3v) is 4.22. The summed E-state index contributed by atoms with van der Waals surface area (Å²) in [4.78, 5) is 12.4. The molecule has 1 aromatic carbocycles. The predicted molar refractivity (Wildman–Crippen MR) is 75.3 cm³/mol. The van der Waals surface area contributed by atoms with Crippen molar-refractivity contribution < 1.29 is 9.53 Å².